The van der Waals surface area contributed by atoms with E-state index in [2.05, 4.69) is 11.4 Å². The topological polar surface area (TPSA) is 105 Å². The molecule has 0 aliphatic rings. The van der Waals surface area contributed by atoms with Crippen LogP contribution >= 0.6 is 7.82 Å². The van der Waals surface area contributed by atoms with Gasteiger partial charge in [-0.15, -0.1) is 0 Å². The van der Waals surface area contributed by atoms with Crippen molar-refractivity contribution in [1.29, 1.82) is 0 Å². The van der Waals surface area contributed by atoms with Crippen molar-refractivity contribution >= 4 is 13.8 Å². The summed E-state index contributed by atoms with van der Waals surface area (Å²) < 4.78 is 26.6. The fraction of sp³-hybridized carbons (Fsp3) is 0.955. The van der Waals surface area contributed by atoms with E-state index in [-0.39, 0.29) is 19.2 Å². The number of unbranched alkanes of at least 4 members (excludes halogenated alkanes) is 10. The minimum atomic E-state index is -4.48. The average molecular weight is 468 g/mol. The maximum absolute atomic E-state index is 11.7. The molecule has 0 saturated carbocycles. The third kappa shape index (κ3) is 22.5. The number of aliphatic hydroxyl groups is 1. The fourth-order valence-electron chi connectivity index (χ4n) is 2.88. The molecule has 0 aliphatic carbocycles. The first-order valence-corrected chi connectivity index (χ1v) is 13.3. The Kier molecular flexibility index (Phi) is 17.7. The zero-order chi connectivity index (χ0) is 23.6. The summed E-state index contributed by atoms with van der Waals surface area (Å²) in [6.45, 7) is 1.92. The van der Waals surface area contributed by atoms with Crippen LogP contribution in [0.25, 0.3) is 0 Å². The van der Waals surface area contributed by atoms with Gasteiger partial charge in [0.05, 0.1) is 27.7 Å². The molecule has 8 nitrogen and oxygen atoms in total. The number of phosphoric ester groups is 1. The van der Waals surface area contributed by atoms with Crippen LogP contribution in [0.15, 0.2) is 0 Å². The number of likely N-dealkylation sites (N-methyl/N-ethyl adjacent to an activating group) is 1. The van der Waals surface area contributed by atoms with Crippen molar-refractivity contribution in [2.45, 2.75) is 90.1 Å². The molecule has 0 fully saturated rings. The van der Waals surface area contributed by atoms with E-state index < -0.39 is 20.5 Å². The van der Waals surface area contributed by atoms with E-state index in [4.69, 9.17) is 9.26 Å². The Labute approximate surface area is 189 Å². The maximum atomic E-state index is 11.7. The number of rotatable bonds is 21. The normalized spacial score (nSPS) is 14.9. The van der Waals surface area contributed by atoms with Crippen LogP contribution < -0.4 is 4.89 Å². The molecule has 0 aliphatic heterocycles. The van der Waals surface area contributed by atoms with Crippen LogP contribution in [-0.4, -0.2) is 69.2 Å². The average Bonchev–Trinajstić information content (AvgIpc) is 2.67. The van der Waals surface area contributed by atoms with Gasteiger partial charge in [0.15, 0.2) is 0 Å². The Bertz CT molecular complexity index is 497. The summed E-state index contributed by atoms with van der Waals surface area (Å²) in [6.07, 6.45) is 12.3. The van der Waals surface area contributed by atoms with Gasteiger partial charge in [0, 0.05) is 6.42 Å². The van der Waals surface area contributed by atoms with Crippen LogP contribution in [0, 0.1) is 0 Å². The molecule has 0 aromatic carbocycles. The van der Waals surface area contributed by atoms with Gasteiger partial charge in [-0.1, -0.05) is 71.1 Å². The highest BCUT2D eigenvalue weighted by atomic mass is 31.2. The largest absolute Gasteiger partial charge is 0.756 e. The van der Waals surface area contributed by atoms with Gasteiger partial charge >= 0.3 is 5.97 Å². The Morgan fingerprint density at radius 3 is 1.94 bits per heavy atom. The highest BCUT2D eigenvalue weighted by Crippen LogP contribution is 2.38. The molecular weight excluding hydrogens is 421 g/mol. The molecule has 0 amide bonds. The SMILES string of the molecule is CCCCCCCCCCCCCC(=O)OC[C@@H](O)COP(=O)([O-])OCC[N+](C)(C)C. The Morgan fingerprint density at radius 1 is 0.903 bits per heavy atom. The first-order chi connectivity index (χ1) is 14.6. The molecule has 31 heavy (non-hydrogen) atoms. The van der Waals surface area contributed by atoms with Crippen molar-refractivity contribution in [3.05, 3.63) is 0 Å². The molecular formula is C22H46NO7P. The number of hydrogen-bond donors (Lipinski definition) is 1. The molecule has 186 valence electrons. The molecule has 9 heteroatoms. The summed E-state index contributed by atoms with van der Waals surface area (Å²) in [5, 5.41) is 9.76. The lowest BCUT2D eigenvalue weighted by atomic mass is 10.1. The predicted molar refractivity (Wildman–Crippen MR) is 120 cm³/mol. The standard InChI is InChI=1S/C22H46NO7P/c1-5-6-7-8-9-10-11-12-13-14-15-16-22(25)28-19-21(24)20-30-31(26,27)29-18-17-23(2,3)4/h21,24H,5-20H2,1-4H3/t21-/m1/s1. The van der Waals surface area contributed by atoms with Crippen molar-refractivity contribution < 1.29 is 37.6 Å². The van der Waals surface area contributed by atoms with Crippen molar-refractivity contribution in [2.75, 3.05) is 47.5 Å². The van der Waals surface area contributed by atoms with Crippen molar-refractivity contribution in [1.82, 2.24) is 0 Å². The third-order valence-corrected chi connectivity index (χ3v) is 5.82. The van der Waals surface area contributed by atoms with Gasteiger partial charge in [0.2, 0.25) is 0 Å². The predicted octanol–water partition coefficient (Wildman–Crippen LogP) is 3.80. The summed E-state index contributed by atoms with van der Waals surface area (Å²) in [6, 6.07) is 0. The molecule has 0 saturated heterocycles. The number of aliphatic hydroxyl groups excluding tert-OH is 1. The van der Waals surface area contributed by atoms with E-state index >= 15 is 0 Å². The maximum Gasteiger partial charge on any atom is 0.305 e. The molecule has 2 atom stereocenters. The molecule has 0 radical (unpaired) electrons. The van der Waals surface area contributed by atoms with Gasteiger partial charge in [-0.05, 0) is 6.42 Å². The van der Waals surface area contributed by atoms with Crippen LogP contribution in [0.4, 0.5) is 0 Å². The second-order valence-corrected chi connectivity index (χ2v) is 10.6. The van der Waals surface area contributed by atoms with Crippen molar-refractivity contribution in [3.8, 4) is 0 Å². The van der Waals surface area contributed by atoms with Crippen LogP contribution in [0.2, 0.25) is 0 Å². The second kappa shape index (κ2) is 18.0. The smallest absolute Gasteiger partial charge is 0.305 e. The molecule has 0 spiro atoms. The number of ether oxygens (including phenoxy) is 1. The van der Waals surface area contributed by atoms with Gasteiger partial charge in [0.1, 0.15) is 25.9 Å². The number of nitrogens with zero attached hydrogens (tertiary/aromatic N) is 1. The molecule has 0 heterocycles. The number of hydrogen-bond acceptors (Lipinski definition) is 7. The Hall–Kier alpha value is -0.500. The number of esters is 1. The van der Waals surface area contributed by atoms with E-state index in [1.54, 1.807) is 0 Å². The van der Waals surface area contributed by atoms with Gasteiger partial charge in [-0.2, -0.15) is 0 Å². The third-order valence-electron chi connectivity index (χ3n) is 4.86. The zero-order valence-corrected chi connectivity index (χ0v) is 21.1. The number of quaternary nitrogens is 1. The molecule has 1 N–H and O–H groups in total. The summed E-state index contributed by atoms with van der Waals surface area (Å²) in [7, 11) is 1.25. The van der Waals surface area contributed by atoms with E-state index in [0.717, 1.165) is 19.3 Å². The van der Waals surface area contributed by atoms with Crippen molar-refractivity contribution in [3.63, 3.8) is 0 Å². The lowest BCUT2D eigenvalue weighted by Gasteiger charge is -2.27. The number of carbonyl (C=O) groups is 1. The minimum Gasteiger partial charge on any atom is -0.756 e. The summed E-state index contributed by atoms with van der Waals surface area (Å²) in [5.74, 6) is -0.389. The summed E-state index contributed by atoms with van der Waals surface area (Å²) >= 11 is 0. The van der Waals surface area contributed by atoms with E-state index in [9.17, 15) is 19.4 Å². The molecule has 0 rings (SSSR count). The number of phosphoric acid groups is 1. The molecule has 0 aromatic heterocycles. The first-order valence-electron chi connectivity index (χ1n) is 11.8. The van der Waals surface area contributed by atoms with Crippen LogP contribution in [0.1, 0.15) is 84.0 Å². The van der Waals surface area contributed by atoms with E-state index in [1.165, 1.54) is 51.4 Å². The monoisotopic (exact) mass is 467 g/mol. The fourth-order valence-corrected chi connectivity index (χ4v) is 3.62. The van der Waals surface area contributed by atoms with Gasteiger partial charge in [-0.3, -0.25) is 9.36 Å². The van der Waals surface area contributed by atoms with E-state index in [1.807, 2.05) is 21.1 Å². The van der Waals surface area contributed by atoms with Gasteiger partial charge in [-0.25, -0.2) is 0 Å². The van der Waals surface area contributed by atoms with Gasteiger partial charge in [0.25, 0.3) is 7.82 Å². The number of carbonyl (C=O) groups excluding carboxylic acids is 1. The lowest BCUT2D eigenvalue weighted by Crippen LogP contribution is -2.37. The Balaban J connectivity index is 3.63. The molecule has 1 unspecified atom stereocenters. The quantitative estimate of drug-likeness (QED) is 0.118. The molecule has 0 bridgehead atoms. The van der Waals surface area contributed by atoms with Crippen LogP contribution in [0.3, 0.4) is 0 Å². The highest BCUT2D eigenvalue weighted by molar-refractivity contribution is 7.45. The van der Waals surface area contributed by atoms with E-state index in [0.29, 0.717) is 17.4 Å². The summed E-state index contributed by atoms with van der Waals surface area (Å²) in [4.78, 5) is 23.4. The highest BCUT2D eigenvalue weighted by Gasteiger charge is 2.16. The summed E-state index contributed by atoms with van der Waals surface area (Å²) in [5.41, 5.74) is 0. The lowest BCUT2D eigenvalue weighted by molar-refractivity contribution is -0.870. The second-order valence-electron chi connectivity index (χ2n) is 9.21. The minimum absolute atomic E-state index is 0.00564. The van der Waals surface area contributed by atoms with Crippen LogP contribution in [-0.2, 0) is 23.1 Å². The Morgan fingerprint density at radius 2 is 1.42 bits per heavy atom. The van der Waals surface area contributed by atoms with Crippen molar-refractivity contribution in [2.24, 2.45) is 0 Å². The van der Waals surface area contributed by atoms with Crippen LogP contribution in [0.5, 0.6) is 0 Å². The molecule has 0 aromatic rings. The zero-order valence-electron chi connectivity index (χ0n) is 20.2. The van der Waals surface area contributed by atoms with Gasteiger partial charge < -0.3 is 28.3 Å². The first kappa shape index (κ1) is 30.5.